The summed E-state index contributed by atoms with van der Waals surface area (Å²) < 4.78 is 5.44. The largest absolute Gasteiger partial charge is 0.381 e. The van der Waals surface area contributed by atoms with E-state index in [1.54, 1.807) is 12.4 Å². The number of ether oxygens (including phenoxy) is 1. The average molecular weight is 339 g/mol. The number of hydrogen-bond acceptors (Lipinski definition) is 3. The van der Waals surface area contributed by atoms with Gasteiger partial charge in [0, 0.05) is 45.2 Å². The molecule has 1 aliphatic heterocycles. The van der Waals surface area contributed by atoms with Crippen molar-refractivity contribution in [3.05, 3.63) is 66.0 Å². The van der Waals surface area contributed by atoms with Gasteiger partial charge in [0.25, 0.3) is 0 Å². The highest BCUT2D eigenvalue weighted by molar-refractivity contribution is 5.74. The number of nitrogens with one attached hydrogen (secondary N) is 1. The molecule has 5 heteroatoms. The Bertz CT molecular complexity index is 643. The minimum Gasteiger partial charge on any atom is -0.381 e. The van der Waals surface area contributed by atoms with E-state index in [2.05, 4.69) is 22.4 Å². The second-order valence-electron chi connectivity index (χ2n) is 6.44. The summed E-state index contributed by atoms with van der Waals surface area (Å²) in [7, 11) is 0. The number of benzene rings is 1. The number of pyridine rings is 1. The minimum atomic E-state index is -0.0212. The van der Waals surface area contributed by atoms with Gasteiger partial charge in [0.1, 0.15) is 0 Å². The number of urea groups is 1. The molecule has 1 aliphatic rings. The van der Waals surface area contributed by atoms with Crippen molar-refractivity contribution in [2.75, 3.05) is 19.8 Å². The van der Waals surface area contributed by atoms with Crippen molar-refractivity contribution in [2.24, 2.45) is 5.92 Å². The molecule has 132 valence electrons. The lowest BCUT2D eigenvalue weighted by Crippen LogP contribution is -2.42. The first-order valence-corrected chi connectivity index (χ1v) is 8.84. The van der Waals surface area contributed by atoms with Gasteiger partial charge in [0.15, 0.2) is 0 Å². The van der Waals surface area contributed by atoms with Gasteiger partial charge >= 0.3 is 6.03 Å². The number of carbonyl (C=O) groups excluding carboxylic acids is 1. The van der Waals surface area contributed by atoms with Gasteiger partial charge in [0.05, 0.1) is 0 Å². The summed E-state index contributed by atoms with van der Waals surface area (Å²) >= 11 is 0. The maximum absolute atomic E-state index is 12.8. The second kappa shape index (κ2) is 9.18. The highest BCUT2D eigenvalue weighted by Gasteiger charge is 2.21. The summed E-state index contributed by atoms with van der Waals surface area (Å²) in [5.74, 6) is 0.504. The molecule has 0 atom stereocenters. The number of aromatic nitrogens is 1. The molecule has 1 N–H and O–H groups in total. The van der Waals surface area contributed by atoms with Crippen LogP contribution in [0.3, 0.4) is 0 Å². The first-order chi connectivity index (χ1) is 12.3. The van der Waals surface area contributed by atoms with Crippen molar-refractivity contribution in [2.45, 2.75) is 25.9 Å². The van der Waals surface area contributed by atoms with Gasteiger partial charge in [-0.05, 0) is 42.0 Å². The van der Waals surface area contributed by atoms with Gasteiger partial charge in [-0.15, -0.1) is 0 Å². The van der Waals surface area contributed by atoms with Crippen LogP contribution in [0.1, 0.15) is 24.0 Å². The Morgan fingerprint density at radius 1 is 1.08 bits per heavy atom. The fourth-order valence-corrected chi connectivity index (χ4v) is 3.05. The summed E-state index contributed by atoms with van der Waals surface area (Å²) in [5, 5.41) is 3.04. The first kappa shape index (κ1) is 17.4. The van der Waals surface area contributed by atoms with Gasteiger partial charge in [-0.25, -0.2) is 4.79 Å². The summed E-state index contributed by atoms with van der Waals surface area (Å²) in [5.41, 5.74) is 2.20. The van der Waals surface area contributed by atoms with Crippen molar-refractivity contribution >= 4 is 6.03 Å². The van der Waals surface area contributed by atoms with Crippen LogP contribution >= 0.6 is 0 Å². The number of hydrogen-bond donors (Lipinski definition) is 1. The van der Waals surface area contributed by atoms with Crippen LogP contribution in [0.5, 0.6) is 0 Å². The van der Waals surface area contributed by atoms with Crippen LogP contribution in [0, 0.1) is 5.92 Å². The van der Waals surface area contributed by atoms with Crippen LogP contribution in [0.15, 0.2) is 54.9 Å². The molecule has 1 saturated heterocycles. The quantitative estimate of drug-likeness (QED) is 0.879. The Morgan fingerprint density at radius 3 is 2.52 bits per heavy atom. The molecule has 3 rings (SSSR count). The summed E-state index contributed by atoms with van der Waals surface area (Å²) in [4.78, 5) is 18.7. The number of amides is 2. The fraction of sp³-hybridized carbons (Fsp3) is 0.400. The predicted octanol–water partition coefficient (Wildman–Crippen LogP) is 3.22. The lowest BCUT2D eigenvalue weighted by molar-refractivity contribution is 0.0555. The Balaban J connectivity index is 1.62. The predicted molar refractivity (Wildman–Crippen MR) is 96.9 cm³/mol. The number of rotatable bonds is 6. The van der Waals surface area contributed by atoms with Crippen molar-refractivity contribution in [1.82, 2.24) is 15.2 Å². The van der Waals surface area contributed by atoms with E-state index in [0.29, 0.717) is 19.0 Å². The highest BCUT2D eigenvalue weighted by atomic mass is 16.5. The van der Waals surface area contributed by atoms with E-state index in [4.69, 9.17) is 4.74 Å². The Kier molecular flexibility index (Phi) is 6.40. The molecule has 1 fully saturated rings. The third kappa shape index (κ3) is 5.57. The molecule has 0 unspecified atom stereocenters. The van der Waals surface area contributed by atoms with E-state index in [-0.39, 0.29) is 6.03 Å². The number of carbonyl (C=O) groups is 1. The zero-order valence-electron chi connectivity index (χ0n) is 14.4. The Morgan fingerprint density at radius 2 is 1.80 bits per heavy atom. The molecule has 0 bridgehead atoms. The molecule has 1 aromatic heterocycles. The van der Waals surface area contributed by atoms with E-state index in [1.165, 1.54) is 0 Å². The molecule has 2 amide bonds. The molecule has 0 spiro atoms. The van der Waals surface area contributed by atoms with Crippen LogP contribution in [0.4, 0.5) is 4.79 Å². The maximum Gasteiger partial charge on any atom is 0.317 e. The van der Waals surface area contributed by atoms with E-state index < -0.39 is 0 Å². The van der Waals surface area contributed by atoms with Gasteiger partial charge in [0.2, 0.25) is 0 Å². The molecular weight excluding hydrogens is 314 g/mol. The van der Waals surface area contributed by atoms with Crippen LogP contribution in [0.25, 0.3) is 0 Å². The van der Waals surface area contributed by atoms with Crippen molar-refractivity contribution in [3.8, 4) is 0 Å². The Labute approximate surface area is 149 Å². The fourth-order valence-electron chi connectivity index (χ4n) is 3.05. The standard InChI is InChI=1S/C20H25N3O2/c24-20(22-14-17-6-10-21-11-7-17)23(15-18-4-2-1-3-5-18)16-19-8-12-25-13-9-19/h1-7,10-11,19H,8-9,12-16H2,(H,22,24). The Hall–Kier alpha value is -2.40. The third-order valence-corrected chi connectivity index (χ3v) is 4.52. The number of nitrogens with zero attached hydrogens (tertiary/aromatic N) is 2. The van der Waals surface area contributed by atoms with E-state index in [9.17, 15) is 4.79 Å². The van der Waals surface area contributed by atoms with Crippen LogP contribution < -0.4 is 5.32 Å². The molecule has 0 radical (unpaired) electrons. The zero-order valence-corrected chi connectivity index (χ0v) is 14.4. The lowest BCUT2D eigenvalue weighted by atomic mass is 9.99. The van der Waals surface area contributed by atoms with E-state index >= 15 is 0 Å². The average Bonchev–Trinajstić information content (AvgIpc) is 2.68. The van der Waals surface area contributed by atoms with Crippen LogP contribution in [0.2, 0.25) is 0 Å². The van der Waals surface area contributed by atoms with Gasteiger partial charge < -0.3 is 15.0 Å². The SMILES string of the molecule is O=C(NCc1ccncc1)N(Cc1ccccc1)CC1CCOCC1. The summed E-state index contributed by atoms with van der Waals surface area (Å²) in [6, 6.07) is 14.0. The first-order valence-electron chi connectivity index (χ1n) is 8.84. The molecule has 1 aromatic carbocycles. The van der Waals surface area contributed by atoms with Crippen molar-refractivity contribution in [3.63, 3.8) is 0 Å². The molecule has 5 nitrogen and oxygen atoms in total. The van der Waals surface area contributed by atoms with E-state index in [1.807, 2.05) is 35.2 Å². The molecule has 0 aliphatic carbocycles. The van der Waals surface area contributed by atoms with Gasteiger partial charge in [-0.2, -0.15) is 0 Å². The topological polar surface area (TPSA) is 54.5 Å². The van der Waals surface area contributed by atoms with Gasteiger partial charge in [-0.1, -0.05) is 30.3 Å². The molecule has 2 heterocycles. The molecule has 0 saturated carbocycles. The molecular formula is C20H25N3O2. The van der Waals surface area contributed by atoms with Crippen LogP contribution in [-0.2, 0) is 17.8 Å². The lowest BCUT2D eigenvalue weighted by Gasteiger charge is -2.30. The molecule has 25 heavy (non-hydrogen) atoms. The summed E-state index contributed by atoms with van der Waals surface area (Å²) in [6.45, 7) is 3.49. The van der Waals surface area contributed by atoms with Crippen molar-refractivity contribution in [1.29, 1.82) is 0 Å². The summed E-state index contributed by atoms with van der Waals surface area (Å²) in [6.07, 6.45) is 5.52. The molecule has 2 aromatic rings. The zero-order chi connectivity index (χ0) is 17.3. The van der Waals surface area contributed by atoms with E-state index in [0.717, 1.165) is 43.7 Å². The highest BCUT2D eigenvalue weighted by Crippen LogP contribution is 2.18. The van der Waals surface area contributed by atoms with Crippen molar-refractivity contribution < 1.29 is 9.53 Å². The monoisotopic (exact) mass is 339 g/mol. The van der Waals surface area contributed by atoms with Gasteiger partial charge in [-0.3, -0.25) is 4.98 Å². The second-order valence-corrected chi connectivity index (χ2v) is 6.44. The van der Waals surface area contributed by atoms with Crippen LogP contribution in [-0.4, -0.2) is 35.7 Å². The smallest absolute Gasteiger partial charge is 0.317 e. The maximum atomic E-state index is 12.8. The minimum absolute atomic E-state index is 0.0212. The normalized spacial score (nSPS) is 14.9. The third-order valence-electron chi connectivity index (χ3n) is 4.52.